The fourth-order valence-electron chi connectivity index (χ4n) is 1.65. The second-order valence-electron chi connectivity index (χ2n) is 4.60. The van der Waals surface area contributed by atoms with Crippen molar-refractivity contribution in [2.24, 2.45) is 0 Å². The number of anilines is 1. The number of benzene rings is 1. The molecule has 0 heterocycles. The van der Waals surface area contributed by atoms with Gasteiger partial charge in [-0.2, -0.15) is 0 Å². The van der Waals surface area contributed by atoms with Crippen LogP contribution in [0, 0.1) is 10.1 Å². The molecule has 1 atom stereocenters. The number of nitrogens with zero attached hydrogens (tertiary/aromatic N) is 1. The minimum Gasteiger partial charge on any atom is -0.484 e. The summed E-state index contributed by atoms with van der Waals surface area (Å²) in [6.45, 7) is 3.45. The van der Waals surface area contributed by atoms with Crippen LogP contribution in [-0.4, -0.2) is 41.9 Å². The summed E-state index contributed by atoms with van der Waals surface area (Å²) in [6, 6.07) is 3.15. The van der Waals surface area contributed by atoms with Crippen molar-refractivity contribution in [3.8, 4) is 5.75 Å². The van der Waals surface area contributed by atoms with Gasteiger partial charge in [-0.05, 0) is 19.9 Å². The van der Waals surface area contributed by atoms with Crippen molar-refractivity contribution in [1.29, 1.82) is 0 Å². The second-order valence-corrected chi connectivity index (χ2v) is 4.60. The summed E-state index contributed by atoms with van der Waals surface area (Å²) in [5.41, 5.74) is 0.230. The molecule has 0 aromatic heterocycles. The van der Waals surface area contributed by atoms with Crippen LogP contribution in [-0.2, 0) is 9.53 Å². The van der Waals surface area contributed by atoms with Crippen LogP contribution in [0.15, 0.2) is 18.2 Å². The molecule has 1 rings (SSSR count). The van der Waals surface area contributed by atoms with Crippen molar-refractivity contribution in [2.45, 2.75) is 26.0 Å². The third-order valence-corrected chi connectivity index (χ3v) is 2.49. The zero-order valence-electron chi connectivity index (χ0n) is 12.0. The molecular formula is C13H18N2O6. The van der Waals surface area contributed by atoms with Crippen LogP contribution in [0.2, 0.25) is 0 Å². The largest absolute Gasteiger partial charge is 0.484 e. The van der Waals surface area contributed by atoms with Crippen LogP contribution in [0.4, 0.5) is 11.4 Å². The van der Waals surface area contributed by atoms with Gasteiger partial charge in [-0.25, -0.2) is 4.79 Å². The first-order valence-electron chi connectivity index (χ1n) is 6.28. The van der Waals surface area contributed by atoms with E-state index in [2.05, 4.69) is 5.32 Å². The first kappa shape index (κ1) is 16.7. The Morgan fingerprint density at radius 1 is 1.48 bits per heavy atom. The third kappa shape index (κ3) is 4.92. The number of nitrogens with one attached hydrogen (secondary N) is 1. The summed E-state index contributed by atoms with van der Waals surface area (Å²) in [4.78, 5) is 21.4. The normalized spacial score (nSPS) is 12.0. The summed E-state index contributed by atoms with van der Waals surface area (Å²) in [5.74, 6) is -0.997. The predicted molar refractivity (Wildman–Crippen MR) is 75.8 cm³/mol. The van der Waals surface area contributed by atoms with Gasteiger partial charge in [0.2, 0.25) is 0 Å². The minimum absolute atomic E-state index is 0.0350. The Morgan fingerprint density at radius 2 is 2.14 bits per heavy atom. The molecule has 0 aliphatic carbocycles. The number of nitro groups is 1. The number of carboxylic acid groups (broad SMARTS) is 1. The van der Waals surface area contributed by atoms with Crippen molar-refractivity contribution < 1.29 is 24.3 Å². The van der Waals surface area contributed by atoms with E-state index in [-0.39, 0.29) is 24.1 Å². The molecule has 0 radical (unpaired) electrons. The van der Waals surface area contributed by atoms with Gasteiger partial charge in [0.15, 0.2) is 5.75 Å². The molecule has 0 fully saturated rings. The Morgan fingerprint density at radius 3 is 2.62 bits per heavy atom. The number of rotatable bonds is 8. The summed E-state index contributed by atoms with van der Waals surface area (Å²) in [5, 5.41) is 22.7. The molecule has 8 heteroatoms. The monoisotopic (exact) mass is 298 g/mol. The van der Waals surface area contributed by atoms with E-state index in [1.165, 1.54) is 25.3 Å². The highest BCUT2D eigenvalue weighted by Gasteiger charge is 2.20. The van der Waals surface area contributed by atoms with Gasteiger partial charge >= 0.3 is 11.7 Å². The van der Waals surface area contributed by atoms with Gasteiger partial charge in [0.1, 0.15) is 6.04 Å². The number of nitro benzene ring substituents is 1. The molecule has 1 aromatic carbocycles. The molecule has 0 saturated carbocycles. The lowest BCUT2D eigenvalue weighted by Gasteiger charge is -2.16. The number of ether oxygens (including phenoxy) is 2. The molecule has 8 nitrogen and oxygen atoms in total. The molecule has 1 unspecified atom stereocenters. The van der Waals surface area contributed by atoms with Crippen LogP contribution in [0.1, 0.15) is 13.8 Å². The molecule has 0 aliphatic heterocycles. The highest BCUT2D eigenvalue weighted by atomic mass is 16.6. The summed E-state index contributed by atoms with van der Waals surface area (Å²) < 4.78 is 10.2. The second kappa shape index (κ2) is 7.44. The van der Waals surface area contributed by atoms with Gasteiger partial charge < -0.3 is 19.9 Å². The van der Waals surface area contributed by atoms with E-state index in [1.807, 2.05) is 0 Å². The van der Waals surface area contributed by atoms with Crippen molar-refractivity contribution in [1.82, 2.24) is 0 Å². The highest BCUT2D eigenvalue weighted by molar-refractivity contribution is 5.78. The van der Waals surface area contributed by atoms with Crippen LogP contribution in [0.25, 0.3) is 0 Å². The molecule has 0 bridgehead atoms. The quantitative estimate of drug-likeness (QED) is 0.557. The van der Waals surface area contributed by atoms with Gasteiger partial charge in [-0.3, -0.25) is 10.1 Å². The van der Waals surface area contributed by atoms with Crippen molar-refractivity contribution >= 4 is 17.3 Å². The van der Waals surface area contributed by atoms with E-state index in [9.17, 15) is 14.9 Å². The van der Waals surface area contributed by atoms with E-state index in [0.29, 0.717) is 5.69 Å². The maximum atomic E-state index is 11.0. The number of carboxylic acids is 1. The fourth-order valence-corrected chi connectivity index (χ4v) is 1.65. The molecule has 2 N–H and O–H groups in total. The number of hydrogen-bond donors (Lipinski definition) is 2. The van der Waals surface area contributed by atoms with Gasteiger partial charge in [0.05, 0.1) is 17.6 Å². The molecule has 0 aliphatic rings. The van der Waals surface area contributed by atoms with Crippen LogP contribution < -0.4 is 10.1 Å². The van der Waals surface area contributed by atoms with E-state index < -0.39 is 16.9 Å². The van der Waals surface area contributed by atoms with Gasteiger partial charge in [-0.1, -0.05) is 0 Å². The average Bonchev–Trinajstić information content (AvgIpc) is 2.37. The molecule has 0 spiro atoms. The molecule has 1 aromatic rings. The Balaban J connectivity index is 3.03. The molecule has 0 saturated heterocycles. The van der Waals surface area contributed by atoms with Gasteiger partial charge in [-0.15, -0.1) is 0 Å². The van der Waals surface area contributed by atoms with Crippen molar-refractivity contribution in [3.05, 3.63) is 28.3 Å². The van der Waals surface area contributed by atoms with E-state index in [4.69, 9.17) is 14.6 Å². The zero-order valence-corrected chi connectivity index (χ0v) is 12.0. The topological polar surface area (TPSA) is 111 Å². The Bertz CT molecular complexity index is 517. The van der Waals surface area contributed by atoms with Crippen molar-refractivity contribution in [3.63, 3.8) is 0 Å². The molecular weight excluding hydrogens is 280 g/mol. The summed E-state index contributed by atoms with van der Waals surface area (Å²) >= 11 is 0. The first-order chi connectivity index (χ1) is 9.85. The fraction of sp³-hybridized carbons (Fsp3) is 0.462. The van der Waals surface area contributed by atoms with E-state index in [0.717, 1.165) is 0 Å². The summed E-state index contributed by atoms with van der Waals surface area (Å²) in [6.07, 6.45) is -0.242. The lowest BCUT2D eigenvalue weighted by Crippen LogP contribution is -2.33. The maximum absolute atomic E-state index is 11.0. The zero-order chi connectivity index (χ0) is 16.0. The standard InChI is InChI=1S/C13H18N2O6/c1-8(2)21-12-6-9(4-5-11(12)15(18)19)14-10(7-20-3)13(16)17/h4-6,8,10,14H,7H2,1-3H3,(H,16,17). The van der Waals surface area contributed by atoms with Gasteiger partial charge in [0.25, 0.3) is 0 Å². The molecule has 21 heavy (non-hydrogen) atoms. The highest BCUT2D eigenvalue weighted by Crippen LogP contribution is 2.31. The SMILES string of the molecule is COCC(Nc1ccc([N+](=O)[O-])c(OC(C)C)c1)C(=O)O. The van der Waals surface area contributed by atoms with E-state index in [1.54, 1.807) is 13.8 Å². The Labute approximate surface area is 121 Å². The average molecular weight is 298 g/mol. The molecule has 116 valence electrons. The van der Waals surface area contributed by atoms with Gasteiger partial charge in [0, 0.05) is 24.9 Å². The number of carbonyl (C=O) groups is 1. The van der Waals surface area contributed by atoms with Crippen LogP contribution in [0.3, 0.4) is 0 Å². The van der Waals surface area contributed by atoms with Crippen LogP contribution in [0.5, 0.6) is 5.75 Å². The number of hydrogen-bond acceptors (Lipinski definition) is 6. The first-order valence-corrected chi connectivity index (χ1v) is 6.28. The predicted octanol–water partition coefficient (Wildman–Crippen LogP) is 1.89. The Kier molecular flexibility index (Phi) is 5.92. The Hall–Kier alpha value is -2.35. The number of aliphatic carboxylic acids is 1. The maximum Gasteiger partial charge on any atom is 0.328 e. The summed E-state index contributed by atoms with van der Waals surface area (Å²) in [7, 11) is 1.39. The van der Waals surface area contributed by atoms with E-state index >= 15 is 0 Å². The molecule has 0 amide bonds. The minimum atomic E-state index is -1.08. The lowest BCUT2D eigenvalue weighted by molar-refractivity contribution is -0.386. The van der Waals surface area contributed by atoms with Crippen molar-refractivity contribution in [2.75, 3.05) is 19.0 Å². The lowest BCUT2D eigenvalue weighted by atomic mass is 10.2. The van der Waals surface area contributed by atoms with Crippen LogP contribution >= 0.6 is 0 Å². The third-order valence-electron chi connectivity index (χ3n) is 2.49. The number of methoxy groups -OCH3 is 1. The smallest absolute Gasteiger partial charge is 0.328 e.